The first-order valence-electron chi connectivity index (χ1n) is 14.2. The summed E-state index contributed by atoms with van der Waals surface area (Å²) in [5.74, 6) is -1.55. The third-order valence-corrected chi connectivity index (χ3v) is 8.01. The van der Waals surface area contributed by atoms with Gasteiger partial charge in [0, 0.05) is 13.0 Å². The molecule has 5 N–H and O–H groups in total. The number of hydrogen-bond acceptors (Lipinski definition) is 6. The molecular weight excluding hydrogens is 500 g/mol. The molecule has 0 bridgehead atoms. The average Bonchev–Trinajstić information content (AvgIpc) is 3.41. The van der Waals surface area contributed by atoms with E-state index < -0.39 is 47.7 Å². The minimum atomic E-state index is -1.28. The molecule has 0 aromatic heterocycles. The van der Waals surface area contributed by atoms with Crippen molar-refractivity contribution in [1.29, 1.82) is 0 Å². The van der Waals surface area contributed by atoms with Crippen molar-refractivity contribution in [2.24, 2.45) is 0 Å². The van der Waals surface area contributed by atoms with Crippen molar-refractivity contribution in [2.75, 3.05) is 6.54 Å². The van der Waals surface area contributed by atoms with Crippen LogP contribution in [0.3, 0.4) is 0 Å². The lowest BCUT2D eigenvalue weighted by atomic mass is 9.94. The predicted octanol–water partition coefficient (Wildman–Crippen LogP) is 1.18. The normalized spacial score (nSPS) is 27.9. The molecule has 3 rings (SSSR count). The summed E-state index contributed by atoms with van der Waals surface area (Å²) in [6.45, 7) is 5.37. The summed E-state index contributed by atoms with van der Waals surface area (Å²) < 4.78 is 0. The van der Waals surface area contributed by atoms with E-state index in [0.29, 0.717) is 57.9 Å². The fourth-order valence-electron chi connectivity index (χ4n) is 5.19. The van der Waals surface area contributed by atoms with E-state index in [9.17, 15) is 29.4 Å². The number of carbonyl (C=O) groups excluding carboxylic acids is 4. The summed E-state index contributed by atoms with van der Waals surface area (Å²) in [5, 5.41) is 27.9. The van der Waals surface area contributed by atoms with Gasteiger partial charge >= 0.3 is 0 Å². The van der Waals surface area contributed by atoms with Crippen molar-refractivity contribution in [2.45, 2.75) is 114 Å². The lowest BCUT2D eigenvalue weighted by molar-refractivity contribution is -0.144. The van der Waals surface area contributed by atoms with Gasteiger partial charge in [0.05, 0.1) is 12.2 Å². The molecule has 0 aliphatic carbocycles. The SMILES string of the molecule is CC[C@]1(C)NC(=O)[C@H](CCCCCC(O)[C@@H](C)O)NC(=O)[C@H]2CCCN2C(=O)[C@H](Cc2ccccc2)NC1=O. The minimum Gasteiger partial charge on any atom is -0.391 e. The average molecular weight is 545 g/mol. The second-order valence-corrected chi connectivity index (χ2v) is 11.1. The summed E-state index contributed by atoms with van der Waals surface area (Å²) in [6.07, 6.45) is 2.87. The van der Waals surface area contributed by atoms with E-state index in [1.165, 1.54) is 6.92 Å². The van der Waals surface area contributed by atoms with Gasteiger partial charge in [0.1, 0.15) is 23.7 Å². The molecule has 39 heavy (non-hydrogen) atoms. The molecule has 0 radical (unpaired) electrons. The zero-order chi connectivity index (χ0) is 28.6. The number of hydrogen-bond donors (Lipinski definition) is 5. The first-order valence-corrected chi connectivity index (χ1v) is 14.2. The molecule has 2 aliphatic heterocycles. The van der Waals surface area contributed by atoms with Crippen molar-refractivity contribution in [3.63, 3.8) is 0 Å². The lowest BCUT2D eigenvalue weighted by Crippen LogP contribution is -2.65. The molecule has 2 heterocycles. The van der Waals surface area contributed by atoms with Gasteiger partial charge in [-0.1, -0.05) is 56.5 Å². The highest BCUT2D eigenvalue weighted by atomic mass is 16.3. The van der Waals surface area contributed by atoms with Gasteiger partial charge in [-0.15, -0.1) is 0 Å². The van der Waals surface area contributed by atoms with Crippen molar-refractivity contribution in [3.05, 3.63) is 35.9 Å². The standard InChI is InChI=1S/C29H44N4O6/c1-4-29(3)28(39)31-22(18-20-12-7-5-8-13-20)27(38)33-17-11-15-23(33)26(37)30-21(25(36)32-29)14-9-6-10-16-24(35)19(2)34/h5,7-8,12-13,19,21-24,34-35H,4,6,9-11,14-18H2,1-3H3,(H,30,37)(H,31,39)(H,32,36)/t19-,21+,22+,23-,24?,29+/m1/s1. The second-order valence-electron chi connectivity index (χ2n) is 11.1. The Morgan fingerprint density at radius 1 is 1.00 bits per heavy atom. The highest BCUT2D eigenvalue weighted by molar-refractivity contribution is 5.99. The summed E-state index contributed by atoms with van der Waals surface area (Å²) >= 11 is 0. The Bertz CT molecular complexity index is 1000. The van der Waals surface area contributed by atoms with Gasteiger partial charge in [-0.25, -0.2) is 0 Å². The highest BCUT2D eigenvalue weighted by Gasteiger charge is 2.43. The van der Waals surface area contributed by atoms with Gasteiger partial charge in [0.15, 0.2) is 0 Å². The molecule has 1 aromatic rings. The van der Waals surface area contributed by atoms with Gasteiger partial charge in [-0.3, -0.25) is 19.2 Å². The van der Waals surface area contributed by atoms with Crippen LogP contribution < -0.4 is 16.0 Å². The van der Waals surface area contributed by atoms with Crippen molar-refractivity contribution >= 4 is 23.6 Å². The van der Waals surface area contributed by atoms with Gasteiger partial charge in [-0.2, -0.15) is 0 Å². The lowest BCUT2D eigenvalue weighted by Gasteiger charge is -2.36. The summed E-state index contributed by atoms with van der Waals surface area (Å²) in [7, 11) is 0. The molecule has 2 fully saturated rings. The number of unbranched alkanes of at least 4 members (excludes halogenated alkanes) is 2. The number of rotatable bonds is 10. The summed E-state index contributed by atoms with van der Waals surface area (Å²) in [5.41, 5.74) is -0.396. The molecule has 2 aliphatic rings. The molecular formula is C29H44N4O6. The molecule has 4 amide bonds. The van der Waals surface area contributed by atoms with E-state index in [1.807, 2.05) is 30.3 Å². The predicted molar refractivity (Wildman–Crippen MR) is 146 cm³/mol. The van der Waals surface area contributed by atoms with Crippen LogP contribution in [0.5, 0.6) is 0 Å². The largest absolute Gasteiger partial charge is 0.391 e. The number of nitrogens with one attached hydrogen (secondary N) is 3. The maximum absolute atomic E-state index is 13.7. The van der Waals surface area contributed by atoms with Crippen molar-refractivity contribution < 1.29 is 29.4 Å². The number of benzene rings is 1. The molecule has 0 saturated carbocycles. The maximum atomic E-state index is 13.7. The molecule has 1 aromatic carbocycles. The van der Waals surface area contributed by atoms with Crippen LogP contribution in [0, 0.1) is 0 Å². The molecule has 2 saturated heterocycles. The minimum absolute atomic E-state index is 0.274. The van der Waals surface area contributed by atoms with E-state index in [0.717, 1.165) is 5.56 Å². The van der Waals surface area contributed by atoms with Crippen LogP contribution in [-0.2, 0) is 25.6 Å². The van der Waals surface area contributed by atoms with E-state index in [1.54, 1.807) is 18.7 Å². The summed E-state index contributed by atoms with van der Waals surface area (Å²) in [4.78, 5) is 55.6. The Balaban J connectivity index is 1.81. The molecule has 6 atom stereocenters. The molecule has 1 unspecified atom stereocenters. The zero-order valence-corrected chi connectivity index (χ0v) is 23.3. The van der Waals surface area contributed by atoms with Crippen LogP contribution in [-0.4, -0.2) is 81.2 Å². The topological polar surface area (TPSA) is 148 Å². The van der Waals surface area contributed by atoms with E-state index in [2.05, 4.69) is 16.0 Å². The number of aliphatic hydroxyl groups excluding tert-OH is 2. The molecule has 0 spiro atoms. The van der Waals surface area contributed by atoms with Crippen LogP contribution in [0.25, 0.3) is 0 Å². The third-order valence-electron chi connectivity index (χ3n) is 8.01. The Labute approximate surface area is 230 Å². The maximum Gasteiger partial charge on any atom is 0.246 e. The van der Waals surface area contributed by atoms with Crippen molar-refractivity contribution in [3.8, 4) is 0 Å². The van der Waals surface area contributed by atoms with E-state index in [-0.39, 0.29) is 18.2 Å². The number of amides is 4. The monoisotopic (exact) mass is 544 g/mol. The number of fused-ring (bicyclic) bond motifs is 1. The van der Waals surface area contributed by atoms with Crippen molar-refractivity contribution in [1.82, 2.24) is 20.9 Å². The van der Waals surface area contributed by atoms with Crippen LogP contribution in [0.4, 0.5) is 0 Å². The molecule has 216 valence electrons. The van der Waals surface area contributed by atoms with Crippen LogP contribution in [0.2, 0.25) is 0 Å². The number of aliphatic hydroxyl groups is 2. The van der Waals surface area contributed by atoms with Gasteiger partial charge < -0.3 is 31.1 Å². The highest BCUT2D eigenvalue weighted by Crippen LogP contribution is 2.22. The van der Waals surface area contributed by atoms with Gasteiger partial charge in [0.2, 0.25) is 23.6 Å². The number of carbonyl (C=O) groups is 4. The van der Waals surface area contributed by atoms with E-state index >= 15 is 0 Å². The zero-order valence-electron chi connectivity index (χ0n) is 23.3. The van der Waals surface area contributed by atoms with Gasteiger partial charge in [-0.05, 0) is 51.5 Å². The first kappa shape index (κ1) is 30.6. The molecule has 10 heteroatoms. The van der Waals surface area contributed by atoms with Crippen LogP contribution in [0.15, 0.2) is 30.3 Å². The Hall–Kier alpha value is -2.98. The number of nitrogens with zero attached hydrogens (tertiary/aromatic N) is 1. The Kier molecular flexibility index (Phi) is 10.9. The fraction of sp³-hybridized carbons (Fsp3) is 0.655. The van der Waals surface area contributed by atoms with E-state index in [4.69, 9.17) is 0 Å². The van der Waals surface area contributed by atoms with Crippen LogP contribution in [0.1, 0.15) is 77.7 Å². The quantitative estimate of drug-likeness (QED) is 0.280. The Morgan fingerprint density at radius 2 is 1.72 bits per heavy atom. The second kappa shape index (κ2) is 13.9. The third kappa shape index (κ3) is 8.02. The smallest absolute Gasteiger partial charge is 0.246 e. The first-order chi connectivity index (χ1) is 18.6. The van der Waals surface area contributed by atoms with Crippen LogP contribution >= 0.6 is 0 Å². The Morgan fingerprint density at radius 3 is 2.38 bits per heavy atom. The van der Waals surface area contributed by atoms with Gasteiger partial charge in [0.25, 0.3) is 0 Å². The fourth-order valence-corrected chi connectivity index (χ4v) is 5.19. The summed E-state index contributed by atoms with van der Waals surface area (Å²) in [6, 6.07) is 6.95. The molecule has 10 nitrogen and oxygen atoms in total.